The van der Waals surface area contributed by atoms with Gasteiger partial charge in [-0.3, -0.25) is 14.9 Å². The van der Waals surface area contributed by atoms with Crippen molar-refractivity contribution in [2.45, 2.75) is 6.92 Å². The number of hydrogen-bond acceptors (Lipinski definition) is 3. The molecule has 1 rings (SSSR count). The molecule has 15 heavy (non-hydrogen) atoms. The first-order valence-electron chi connectivity index (χ1n) is 3.95. The molecule has 0 spiro atoms. The molecule has 0 saturated carbocycles. The molecule has 2 amide bonds. The van der Waals surface area contributed by atoms with E-state index >= 15 is 0 Å². The normalized spacial score (nSPS) is 9.53. The Balaban J connectivity index is 3.08. The van der Waals surface area contributed by atoms with Gasteiger partial charge in [-0.15, -0.1) is 0 Å². The van der Waals surface area contributed by atoms with Crippen molar-refractivity contribution in [3.8, 4) is 5.75 Å². The molecule has 4 nitrogen and oxygen atoms in total. The number of hydrogen-bond donors (Lipinski definition) is 1. The van der Waals surface area contributed by atoms with E-state index in [4.69, 9.17) is 3.07 Å². The smallest absolute Gasteiger partial charge is 0.261 e. The molecule has 0 aromatic heterocycles. The second kappa shape index (κ2) is 5.64. The Morgan fingerprint density at radius 1 is 1.40 bits per heavy atom. The van der Waals surface area contributed by atoms with Gasteiger partial charge in [0, 0.05) is 6.92 Å². The van der Waals surface area contributed by atoms with Crippen LogP contribution < -0.4 is 8.38 Å². The largest absolute Gasteiger partial charge is 0.426 e. The van der Waals surface area contributed by atoms with Crippen LogP contribution in [0.1, 0.15) is 17.3 Å². The van der Waals surface area contributed by atoms with Crippen molar-refractivity contribution >= 4 is 57.4 Å². The van der Waals surface area contributed by atoms with E-state index < -0.39 is 11.8 Å². The first kappa shape index (κ1) is 12.7. The number of carbonyl (C=O) groups is 2. The zero-order valence-corrected chi connectivity index (χ0v) is 12.0. The Labute approximate surface area is 115 Å². The van der Waals surface area contributed by atoms with Gasteiger partial charge in [0.2, 0.25) is 5.91 Å². The van der Waals surface area contributed by atoms with Crippen molar-refractivity contribution < 1.29 is 12.7 Å². The summed E-state index contributed by atoms with van der Waals surface area (Å²) in [6, 6.07) is 5.16. The summed E-state index contributed by atoms with van der Waals surface area (Å²) in [5.74, 6) is -0.372. The number of nitrogens with one attached hydrogen (secondary N) is 1. The summed E-state index contributed by atoms with van der Waals surface area (Å²) in [7, 11) is 0. The molecule has 1 aromatic carbocycles. The van der Waals surface area contributed by atoms with Gasteiger partial charge in [0.1, 0.15) is 0 Å². The van der Waals surface area contributed by atoms with Gasteiger partial charge in [-0.1, -0.05) is 6.07 Å². The molecule has 0 heterocycles. The molecule has 0 unspecified atom stereocenters. The third-order valence-electron chi connectivity index (χ3n) is 1.58. The first-order chi connectivity index (χ1) is 7.06. The molecule has 0 bridgehead atoms. The highest BCUT2D eigenvalue weighted by atomic mass is 127. The highest BCUT2D eigenvalue weighted by molar-refractivity contribution is 14.1. The number of amides is 2. The summed E-state index contributed by atoms with van der Waals surface area (Å²) in [5.41, 5.74) is 0.353. The van der Waals surface area contributed by atoms with E-state index in [0.29, 0.717) is 11.3 Å². The highest BCUT2D eigenvalue weighted by Gasteiger charge is 2.15. The maximum Gasteiger partial charge on any atom is 0.261 e. The molecule has 0 aliphatic heterocycles. The average Bonchev–Trinajstić information content (AvgIpc) is 2.16. The minimum atomic E-state index is -0.451. The molecule has 0 radical (unpaired) electrons. The minimum Gasteiger partial charge on any atom is -0.426 e. The van der Waals surface area contributed by atoms with E-state index in [1.807, 2.05) is 6.07 Å². The molecule has 0 fully saturated rings. The molecule has 0 saturated heterocycles. The van der Waals surface area contributed by atoms with Gasteiger partial charge in [0.05, 0.1) is 9.13 Å². The van der Waals surface area contributed by atoms with Crippen LogP contribution in [0.25, 0.3) is 0 Å². The lowest BCUT2D eigenvalue weighted by Crippen LogP contribution is -2.28. The Morgan fingerprint density at radius 2 is 2.07 bits per heavy atom. The lowest BCUT2D eigenvalue weighted by molar-refractivity contribution is -0.118. The molecule has 6 heteroatoms. The highest BCUT2D eigenvalue weighted by Crippen LogP contribution is 2.27. The lowest BCUT2D eigenvalue weighted by Gasteiger charge is -2.07. The number of para-hydroxylation sites is 1. The fraction of sp³-hybridized carbons (Fsp3) is 0.111. The fourth-order valence-corrected chi connectivity index (χ4v) is 2.50. The van der Waals surface area contributed by atoms with E-state index in [0.717, 1.165) is 3.57 Å². The average molecular weight is 431 g/mol. The fourth-order valence-electron chi connectivity index (χ4n) is 0.993. The topological polar surface area (TPSA) is 55.4 Å². The quantitative estimate of drug-likeness (QED) is 0.732. The van der Waals surface area contributed by atoms with E-state index in [1.54, 1.807) is 35.1 Å². The maximum atomic E-state index is 11.6. The summed E-state index contributed by atoms with van der Waals surface area (Å²) in [6.07, 6.45) is 0. The van der Waals surface area contributed by atoms with Gasteiger partial charge in [0.15, 0.2) is 28.8 Å². The van der Waals surface area contributed by atoms with Gasteiger partial charge in [-0.05, 0) is 34.7 Å². The van der Waals surface area contributed by atoms with Crippen molar-refractivity contribution in [1.29, 1.82) is 0 Å². The van der Waals surface area contributed by atoms with E-state index in [1.165, 1.54) is 6.92 Å². The number of carbonyl (C=O) groups excluding carboxylic acids is 2. The van der Waals surface area contributed by atoms with Crippen LogP contribution in [0, 0.1) is 3.57 Å². The number of benzene rings is 1. The summed E-state index contributed by atoms with van der Waals surface area (Å²) in [6.45, 7) is 1.29. The molecule has 1 aromatic rings. The van der Waals surface area contributed by atoms with Gasteiger partial charge in [-0.2, -0.15) is 0 Å². The monoisotopic (exact) mass is 431 g/mol. The lowest BCUT2D eigenvalue weighted by atomic mass is 10.2. The number of halogens is 2. The first-order valence-corrected chi connectivity index (χ1v) is 5.91. The van der Waals surface area contributed by atoms with Gasteiger partial charge in [0.25, 0.3) is 5.91 Å². The standard InChI is InChI=1S/C9H7I2NO3/c1-5(13)12-9(14)6-3-2-4-7(10)8(6)15-11/h2-4H,1H3,(H,12,13,14). The Bertz CT molecular complexity index is 406. The Hall–Kier alpha value is -0.380. The van der Waals surface area contributed by atoms with Crippen LogP contribution in [-0.2, 0) is 4.79 Å². The third-order valence-corrected chi connectivity index (χ3v) is 2.87. The zero-order chi connectivity index (χ0) is 11.4. The van der Waals surface area contributed by atoms with E-state index in [2.05, 4.69) is 27.9 Å². The van der Waals surface area contributed by atoms with Crippen LogP contribution >= 0.6 is 45.6 Å². The number of rotatable bonds is 2. The SMILES string of the molecule is CC(=O)NC(=O)c1cccc(I)c1OI. The maximum absolute atomic E-state index is 11.6. The molecular weight excluding hydrogens is 424 g/mol. The second-order valence-electron chi connectivity index (χ2n) is 2.70. The second-order valence-corrected chi connectivity index (χ2v) is 4.31. The van der Waals surface area contributed by atoms with Crippen LogP contribution in [0.3, 0.4) is 0 Å². The summed E-state index contributed by atoms with van der Waals surface area (Å²) in [5, 5.41) is 2.20. The van der Waals surface area contributed by atoms with Crippen LogP contribution in [0.15, 0.2) is 18.2 Å². The van der Waals surface area contributed by atoms with E-state index in [9.17, 15) is 9.59 Å². The van der Waals surface area contributed by atoms with Crippen molar-refractivity contribution in [3.05, 3.63) is 27.3 Å². The van der Waals surface area contributed by atoms with Crippen molar-refractivity contribution in [2.75, 3.05) is 0 Å². The molecule has 80 valence electrons. The van der Waals surface area contributed by atoms with Crippen LogP contribution in [0.5, 0.6) is 5.75 Å². The van der Waals surface area contributed by atoms with Gasteiger partial charge >= 0.3 is 0 Å². The minimum absolute atomic E-state index is 0.353. The molecule has 0 atom stereocenters. The molecule has 1 N–H and O–H groups in total. The summed E-state index contributed by atoms with van der Waals surface area (Å²) in [4.78, 5) is 22.3. The van der Waals surface area contributed by atoms with Crippen LogP contribution in [-0.4, -0.2) is 11.8 Å². The third kappa shape index (κ3) is 3.30. The van der Waals surface area contributed by atoms with Gasteiger partial charge < -0.3 is 3.07 Å². The summed E-state index contributed by atoms with van der Waals surface area (Å²) >= 11 is 3.76. The molecular formula is C9H7I2NO3. The van der Waals surface area contributed by atoms with E-state index in [-0.39, 0.29) is 0 Å². The summed E-state index contributed by atoms with van der Waals surface area (Å²) < 4.78 is 5.89. The van der Waals surface area contributed by atoms with Crippen molar-refractivity contribution in [2.24, 2.45) is 0 Å². The van der Waals surface area contributed by atoms with Crippen LogP contribution in [0.2, 0.25) is 0 Å². The van der Waals surface area contributed by atoms with Crippen LogP contribution in [0.4, 0.5) is 0 Å². The Kier molecular flexibility index (Phi) is 4.77. The number of imide groups is 1. The van der Waals surface area contributed by atoms with Crippen molar-refractivity contribution in [3.63, 3.8) is 0 Å². The predicted octanol–water partition coefficient (Wildman–Crippen LogP) is 2.30. The molecule has 0 aliphatic rings. The Morgan fingerprint density at radius 3 is 2.60 bits per heavy atom. The van der Waals surface area contributed by atoms with Crippen molar-refractivity contribution in [1.82, 2.24) is 5.32 Å². The van der Waals surface area contributed by atoms with Gasteiger partial charge in [-0.25, -0.2) is 0 Å². The molecule has 0 aliphatic carbocycles. The zero-order valence-electron chi connectivity index (χ0n) is 7.71. The predicted molar refractivity (Wildman–Crippen MR) is 72.0 cm³/mol.